The summed E-state index contributed by atoms with van der Waals surface area (Å²) in [6.45, 7) is 2.25. The van der Waals surface area contributed by atoms with Crippen LogP contribution in [0.5, 0.6) is 0 Å². The number of aliphatic carboxylic acids is 1. The largest absolute Gasteiger partial charge is 0.481 e. The van der Waals surface area contributed by atoms with Gasteiger partial charge < -0.3 is 10.8 Å². The Morgan fingerprint density at radius 3 is 2.60 bits per heavy atom. The topological polar surface area (TPSA) is 63.3 Å². The molecule has 3 nitrogen and oxygen atoms in total. The van der Waals surface area contributed by atoms with Crippen LogP contribution < -0.4 is 5.73 Å². The average molecular weight is 229 g/mol. The molecule has 0 bridgehead atoms. The van der Waals surface area contributed by atoms with Crippen LogP contribution in [-0.4, -0.2) is 27.6 Å². The number of rotatable bonds is 1. The molecule has 0 radical (unpaired) electrons. The summed E-state index contributed by atoms with van der Waals surface area (Å²) in [6, 6.07) is -0.152. The Morgan fingerprint density at radius 1 is 1.47 bits per heavy atom. The second-order valence-electron chi connectivity index (χ2n) is 5.04. The van der Waals surface area contributed by atoms with Crippen LogP contribution in [0.2, 0.25) is 0 Å². The normalized spacial score (nSPS) is 45.9. The first kappa shape index (κ1) is 11.3. The molecule has 4 heteroatoms. The van der Waals surface area contributed by atoms with Gasteiger partial charge in [-0.15, -0.1) is 0 Å². The van der Waals surface area contributed by atoms with Crippen LogP contribution in [0.3, 0.4) is 0 Å². The van der Waals surface area contributed by atoms with Gasteiger partial charge >= 0.3 is 5.97 Å². The van der Waals surface area contributed by atoms with Crippen LogP contribution in [0, 0.1) is 11.8 Å². The van der Waals surface area contributed by atoms with Gasteiger partial charge in [0.2, 0.25) is 0 Å². The standard InChI is InChI=1S/C11H19NO2S/c1-7-2-4-11(5-3-7)9(10(13)14)8(12)6-15-11/h7-9H,2-6,12H2,1H3,(H,13,14). The summed E-state index contributed by atoms with van der Waals surface area (Å²) in [5.41, 5.74) is 5.92. The zero-order valence-corrected chi connectivity index (χ0v) is 9.93. The summed E-state index contributed by atoms with van der Waals surface area (Å²) >= 11 is 1.81. The van der Waals surface area contributed by atoms with Crippen molar-refractivity contribution in [1.82, 2.24) is 0 Å². The first-order valence-corrected chi connectivity index (χ1v) is 6.66. The summed E-state index contributed by atoms with van der Waals surface area (Å²) in [5, 5.41) is 9.27. The fraction of sp³-hybridized carbons (Fsp3) is 0.909. The lowest BCUT2D eigenvalue weighted by Crippen LogP contribution is -2.46. The molecule has 2 rings (SSSR count). The maximum Gasteiger partial charge on any atom is 0.309 e. The summed E-state index contributed by atoms with van der Waals surface area (Å²) in [6.07, 6.45) is 4.38. The molecule has 2 atom stereocenters. The van der Waals surface area contributed by atoms with Crippen molar-refractivity contribution < 1.29 is 9.90 Å². The minimum atomic E-state index is -0.693. The van der Waals surface area contributed by atoms with Gasteiger partial charge in [-0.1, -0.05) is 6.92 Å². The molecule has 1 aliphatic heterocycles. The van der Waals surface area contributed by atoms with Crippen molar-refractivity contribution in [2.24, 2.45) is 17.6 Å². The summed E-state index contributed by atoms with van der Waals surface area (Å²) < 4.78 is -0.0439. The first-order chi connectivity index (χ1) is 7.05. The number of nitrogens with two attached hydrogens (primary N) is 1. The number of carboxylic acids is 1. The second-order valence-corrected chi connectivity index (χ2v) is 6.47. The Hall–Kier alpha value is -0.220. The van der Waals surface area contributed by atoms with Crippen molar-refractivity contribution in [3.8, 4) is 0 Å². The minimum Gasteiger partial charge on any atom is -0.481 e. The van der Waals surface area contributed by atoms with Crippen LogP contribution in [0.25, 0.3) is 0 Å². The third kappa shape index (κ3) is 1.89. The molecule has 1 saturated heterocycles. The minimum absolute atomic E-state index is 0.0439. The Labute approximate surface area is 94.8 Å². The summed E-state index contributed by atoms with van der Waals surface area (Å²) in [5.74, 6) is 0.547. The molecule has 2 fully saturated rings. The van der Waals surface area contributed by atoms with E-state index in [4.69, 9.17) is 5.73 Å². The summed E-state index contributed by atoms with van der Waals surface area (Å²) in [7, 11) is 0. The van der Waals surface area contributed by atoms with Gasteiger partial charge in [0.15, 0.2) is 0 Å². The molecule has 86 valence electrons. The SMILES string of the molecule is CC1CCC2(CC1)SCC(N)C2C(=O)O. The number of hydrogen-bond donors (Lipinski definition) is 2. The highest BCUT2D eigenvalue weighted by Gasteiger charge is 2.52. The quantitative estimate of drug-likeness (QED) is 0.718. The van der Waals surface area contributed by atoms with Crippen LogP contribution in [0.1, 0.15) is 32.6 Å². The van der Waals surface area contributed by atoms with Crippen molar-refractivity contribution in [3.05, 3.63) is 0 Å². The molecule has 1 heterocycles. The Morgan fingerprint density at radius 2 is 2.07 bits per heavy atom. The van der Waals surface area contributed by atoms with Gasteiger partial charge in [0.1, 0.15) is 0 Å². The van der Waals surface area contributed by atoms with Crippen molar-refractivity contribution in [2.45, 2.75) is 43.4 Å². The van der Waals surface area contributed by atoms with Crippen molar-refractivity contribution in [2.75, 3.05) is 5.75 Å². The zero-order valence-electron chi connectivity index (χ0n) is 9.11. The third-order valence-corrected chi connectivity index (χ3v) is 5.73. The van der Waals surface area contributed by atoms with Crippen LogP contribution in [0.4, 0.5) is 0 Å². The molecule has 15 heavy (non-hydrogen) atoms. The molecule has 1 spiro atoms. The molecule has 2 aliphatic rings. The predicted molar refractivity (Wildman–Crippen MR) is 61.9 cm³/mol. The number of carbonyl (C=O) groups is 1. The van der Waals surface area contributed by atoms with Gasteiger partial charge in [0.25, 0.3) is 0 Å². The number of thioether (sulfide) groups is 1. The van der Waals surface area contributed by atoms with Gasteiger partial charge in [-0.25, -0.2) is 0 Å². The van der Waals surface area contributed by atoms with Gasteiger partial charge in [-0.05, 0) is 31.6 Å². The van der Waals surface area contributed by atoms with Gasteiger partial charge in [0, 0.05) is 16.5 Å². The first-order valence-electron chi connectivity index (χ1n) is 5.67. The molecule has 0 amide bonds. The fourth-order valence-corrected chi connectivity index (χ4v) is 4.65. The average Bonchev–Trinajstić information content (AvgIpc) is 2.49. The molecule has 1 aliphatic carbocycles. The molecule has 1 saturated carbocycles. The van der Waals surface area contributed by atoms with E-state index in [0.29, 0.717) is 0 Å². The highest BCUT2D eigenvalue weighted by Crippen LogP contribution is 2.52. The van der Waals surface area contributed by atoms with Gasteiger partial charge in [-0.2, -0.15) is 11.8 Å². The maximum atomic E-state index is 11.3. The van der Waals surface area contributed by atoms with Crippen LogP contribution in [-0.2, 0) is 4.79 Å². The van der Waals surface area contributed by atoms with Gasteiger partial charge in [-0.3, -0.25) is 4.79 Å². The fourth-order valence-electron chi connectivity index (χ4n) is 2.95. The van der Waals surface area contributed by atoms with Crippen molar-refractivity contribution in [1.29, 1.82) is 0 Å². The number of hydrogen-bond acceptors (Lipinski definition) is 3. The summed E-state index contributed by atoms with van der Waals surface area (Å²) in [4.78, 5) is 11.3. The van der Waals surface area contributed by atoms with E-state index in [9.17, 15) is 9.90 Å². The predicted octanol–water partition coefficient (Wildman–Crippen LogP) is 1.71. The highest BCUT2D eigenvalue weighted by molar-refractivity contribution is 8.01. The second kappa shape index (κ2) is 3.98. The molecule has 0 aromatic carbocycles. The third-order valence-electron chi connectivity index (χ3n) is 3.94. The van der Waals surface area contributed by atoms with Gasteiger partial charge in [0.05, 0.1) is 5.92 Å². The molecular formula is C11H19NO2S. The Kier molecular flexibility index (Phi) is 2.99. The zero-order chi connectivity index (χ0) is 11.1. The van der Waals surface area contributed by atoms with Crippen LogP contribution in [0.15, 0.2) is 0 Å². The van der Waals surface area contributed by atoms with E-state index in [1.54, 1.807) is 11.8 Å². The lowest BCUT2D eigenvalue weighted by molar-refractivity contribution is -0.143. The lowest BCUT2D eigenvalue weighted by atomic mass is 9.73. The molecule has 0 aromatic heterocycles. The van der Waals surface area contributed by atoms with Crippen molar-refractivity contribution >= 4 is 17.7 Å². The van der Waals surface area contributed by atoms with E-state index >= 15 is 0 Å². The van der Waals surface area contributed by atoms with E-state index < -0.39 is 5.97 Å². The molecule has 2 unspecified atom stereocenters. The van der Waals surface area contributed by atoms with E-state index in [-0.39, 0.29) is 16.7 Å². The highest BCUT2D eigenvalue weighted by atomic mass is 32.2. The monoisotopic (exact) mass is 229 g/mol. The lowest BCUT2D eigenvalue weighted by Gasteiger charge is -2.39. The van der Waals surface area contributed by atoms with E-state index in [1.807, 2.05) is 0 Å². The molecule has 3 N–H and O–H groups in total. The van der Waals surface area contributed by atoms with Crippen molar-refractivity contribution in [3.63, 3.8) is 0 Å². The maximum absolute atomic E-state index is 11.3. The molecular weight excluding hydrogens is 210 g/mol. The van der Waals surface area contributed by atoms with E-state index in [0.717, 1.165) is 37.4 Å². The van der Waals surface area contributed by atoms with E-state index in [1.165, 1.54) is 0 Å². The Balaban J connectivity index is 2.16. The van der Waals surface area contributed by atoms with E-state index in [2.05, 4.69) is 6.92 Å². The number of carboxylic acid groups (broad SMARTS) is 1. The molecule has 0 aromatic rings. The van der Waals surface area contributed by atoms with Crippen LogP contribution >= 0.6 is 11.8 Å². The smallest absolute Gasteiger partial charge is 0.309 e. The Bertz CT molecular complexity index is 261.